The summed E-state index contributed by atoms with van der Waals surface area (Å²) >= 11 is 0. The maximum absolute atomic E-state index is 12.8. The second-order valence-corrected chi connectivity index (χ2v) is 5.56. The predicted octanol–water partition coefficient (Wildman–Crippen LogP) is 4.08. The number of benzene rings is 2. The lowest BCUT2D eigenvalue weighted by molar-refractivity contribution is 0.103. The molecule has 0 bridgehead atoms. The molecule has 0 amide bonds. The van der Waals surface area contributed by atoms with Crippen molar-refractivity contribution >= 4 is 11.5 Å². The van der Waals surface area contributed by atoms with E-state index in [1.165, 1.54) is 24.8 Å². The summed E-state index contributed by atoms with van der Waals surface area (Å²) in [5.41, 5.74) is 10.2. The van der Waals surface area contributed by atoms with Crippen molar-refractivity contribution in [1.29, 1.82) is 0 Å². The molecular weight excluding hydrogens is 246 g/mol. The summed E-state index contributed by atoms with van der Waals surface area (Å²) in [6.45, 7) is 1.91. The molecule has 0 atom stereocenters. The lowest BCUT2D eigenvalue weighted by Crippen LogP contribution is -2.15. The van der Waals surface area contributed by atoms with Gasteiger partial charge in [0.15, 0.2) is 5.78 Å². The summed E-state index contributed by atoms with van der Waals surface area (Å²) in [5.74, 6) is 0.647. The summed E-state index contributed by atoms with van der Waals surface area (Å²) in [6.07, 6.45) is 3.66. The molecule has 2 aromatic rings. The van der Waals surface area contributed by atoms with Crippen LogP contribution < -0.4 is 5.73 Å². The van der Waals surface area contributed by atoms with Gasteiger partial charge in [0, 0.05) is 16.8 Å². The van der Waals surface area contributed by atoms with Crippen LogP contribution in [-0.2, 0) is 0 Å². The first kappa shape index (κ1) is 12.9. The second-order valence-electron chi connectivity index (χ2n) is 5.56. The molecule has 102 valence electrons. The van der Waals surface area contributed by atoms with Gasteiger partial charge >= 0.3 is 0 Å². The third-order valence-corrected chi connectivity index (χ3v) is 4.37. The predicted molar refractivity (Wildman–Crippen MR) is 82.1 cm³/mol. The largest absolute Gasteiger partial charge is 0.398 e. The molecule has 1 aliphatic carbocycles. The molecule has 2 nitrogen and oxygen atoms in total. The number of hydrogen-bond acceptors (Lipinski definition) is 2. The highest BCUT2D eigenvalue weighted by Crippen LogP contribution is 2.38. The highest BCUT2D eigenvalue weighted by molar-refractivity contribution is 6.11. The summed E-state index contributed by atoms with van der Waals surface area (Å²) < 4.78 is 0. The van der Waals surface area contributed by atoms with Gasteiger partial charge in [-0.2, -0.15) is 0 Å². The molecule has 0 spiro atoms. The van der Waals surface area contributed by atoms with Crippen molar-refractivity contribution < 1.29 is 4.79 Å². The highest BCUT2D eigenvalue weighted by Gasteiger charge is 2.25. The number of hydrogen-bond donors (Lipinski definition) is 1. The smallest absolute Gasteiger partial charge is 0.193 e. The van der Waals surface area contributed by atoms with Gasteiger partial charge in [0.1, 0.15) is 0 Å². The standard InChI is InChI=1S/C18H19NO/c1-12-14(10-5-11-17(12)19)18(20)16-9-3-2-8-15(16)13-6-4-7-13/h2-3,5,8-11,13H,4,6-7,19H2,1H3. The fourth-order valence-electron chi connectivity index (χ4n) is 2.82. The van der Waals surface area contributed by atoms with Crippen molar-refractivity contribution in [1.82, 2.24) is 0 Å². The minimum absolute atomic E-state index is 0.0947. The van der Waals surface area contributed by atoms with E-state index in [1.807, 2.05) is 43.3 Å². The Morgan fingerprint density at radius 2 is 1.75 bits per heavy atom. The van der Waals surface area contributed by atoms with Gasteiger partial charge in [-0.1, -0.05) is 42.8 Å². The van der Waals surface area contributed by atoms with E-state index in [9.17, 15) is 4.79 Å². The van der Waals surface area contributed by atoms with Gasteiger partial charge in [0.2, 0.25) is 0 Å². The molecule has 0 aliphatic heterocycles. The van der Waals surface area contributed by atoms with Crippen molar-refractivity contribution in [2.45, 2.75) is 32.1 Å². The van der Waals surface area contributed by atoms with Crippen LogP contribution in [0.5, 0.6) is 0 Å². The van der Waals surface area contributed by atoms with Crippen LogP contribution >= 0.6 is 0 Å². The van der Waals surface area contributed by atoms with Crippen molar-refractivity contribution in [3.63, 3.8) is 0 Å². The molecule has 2 aromatic carbocycles. The summed E-state index contributed by atoms with van der Waals surface area (Å²) in [5, 5.41) is 0. The van der Waals surface area contributed by atoms with Crippen LogP contribution in [-0.4, -0.2) is 5.78 Å². The van der Waals surface area contributed by atoms with E-state index < -0.39 is 0 Å². The van der Waals surface area contributed by atoms with E-state index in [1.54, 1.807) is 0 Å². The lowest BCUT2D eigenvalue weighted by Gasteiger charge is -2.27. The Kier molecular flexibility index (Phi) is 3.31. The molecule has 20 heavy (non-hydrogen) atoms. The SMILES string of the molecule is Cc1c(N)cccc1C(=O)c1ccccc1C1CCC1. The average Bonchev–Trinajstić information content (AvgIpc) is 2.40. The van der Waals surface area contributed by atoms with Crippen LogP contribution in [0, 0.1) is 6.92 Å². The molecule has 0 unspecified atom stereocenters. The minimum Gasteiger partial charge on any atom is -0.398 e. The molecule has 2 N–H and O–H groups in total. The van der Waals surface area contributed by atoms with Crippen LogP contribution in [0.1, 0.15) is 52.2 Å². The van der Waals surface area contributed by atoms with Gasteiger partial charge < -0.3 is 5.73 Å². The number of nitrogen functional groups attached to an aromatic ring is 1. The Bertz CT molecular complexity index is 656. The molecule has 1 saturated carbocycles. The second kappa shape index (κ2) is 5.12. The van der Waals surface area contributed by atoms with E-state index in [0.717, 1.165) is 16.7 Å². The number of carbonyl (C=O) groups is 1. The molecule has 0 radical (unpaired) electrons. The van der Waals surface area contributed by atoms with E-state index in [2.05, 4.69) is 6.07 Å². The van der Waals surface area contributed by atoms with Crippen molar-refractivity contribution in [2.24, 2.45) is 0 Å². The van der Waals surface area contributed by atoms with Crippen LogP contribution in [0.2, 0.25) is 0 Å². The first-order chi connectivity index (χ1) is 9.68. The quantitative estimate of drug-likeness (QED) is 0.671. The Labute approximate surface area is 119 Å². The molecule has 0 heterocycles. The average molecular weight is 265 g/mol. The third-order valence-electron chi connectivity index (χ3n) is 4.37. The molecule has 2 heteroatoms. The molecular formula is C18H19NO. The number of ketones is 1. The fourth-order valence-corrected chi connectivity index (χ4v) is 2.82. The van der Waals surface area contributed by atoms with Crippen LogP contribution in [0.3, 0.4) is 0 Å². The van der Waals surface area contributed by atoms with E-state index in [4.69, 9.17) is 5.73 Å². The Morgan fingerprint density at radius 1 is 1.05 bits per heavy atom. The zero-order chi connectivity index (χ0) is 14.1. The summed E-state index contributed by atoms with van der Waals surface area (Å²) in [4.78, 5) is 12.8. The molecule has 3 rings (SSSR count). The third kappa shape index (κ3) is 2.11. The Balaban J connectivity index is 2.04. The topological polar surface area (TPSA) is 43.1 Å². The van der Waals surface area contributed by atoms with Crippen molar-refractivity contribution in [2.75, 3.05) is 5.73 Å². The van der Waals surface area contributed by atoms with Crippen molar-refractivity contribution in [3.05, 3.63) is 64.7 Å². The van der Waals surface area contributed by atoms with E-state index in [-0.39, 0.29) is 5.78 Å². The normalized spacial score (nSPS) is 14.8. The maximum Gasteiger partial charge on any atom is 0.193 e. The Morgan fingerprint density at radius 3 is 2.45 bits per heavy atom. The Hall–Kier alpha value is -2.09. The van der Waals surface area contributed by atoms with E-state index >= 15 is 0 Å². The minimum atomic E-state index is 0.0947. The number of anilines is 1. The van der Waals surface area contributed by atoms with Gasteiger partial charge in [0.05, 0.1) is 0 Å². The maximum atomic E-state index is 12.8. The van der Waals surface area contributed by atoms with Gasteiger partial charge in [-0.3, -0.25) is 4.79 Å². The number of carbonyl (C=O) groups excluding carboxylic acids is 1. The van der Waals surface area contributed by atoms with Crippen LogP contribution in [0.25, 0.3) is 0 Å². The zero-order valence-electron chi connectivity index (χ0n) is 11.7. The number of rotatable bonds is 3. The van der Waals surface area contributed by atoms with E-state index in [0.29, 0.717) is 11.6 Å². The number of nitrogens with two attached hydrogens (primary N) is 1. The molecule has 1 aliphatic rings. The monoisotopic (exact) mass is 265 g/mol. The van der Waals surface area contributed by atoms with Gasteiger partial charge in [-0.15, -0.1) is 0 Å². The van der Waals surface area contributed by atoms with Crippen LogP contribution in [0.4, 0.5) is 5.69 Å². The first-order valence-electron chi connectivity index (χ1n) is 7.17. The van der Waals surface area contributed by atoms with Gasteiger partial charge in [0.25, 0.3) is 0 Å². The molecule has 0 aromatic heterocycles. The lowest BCUT2D eigenvalue weighted by atomic mass is 9.77. The summed E-state index contributed by atoms with van der Waals surface area (Å²) in [7, 11) is 0. The highest BCUT2D eigenvalue weighted by atomic mass is 16.1. The fraction of sp³-hybridized carbons (Fsp3) is 0.278. The van der Waals surface area contributed by atoms with Gasteiger partial charge in [-0.05, 0) is 42.9 Å². The molecule has 1 fully saturated rings. The summed E-state index contributed by atoms with van der Waals surface area (Å²) in [6, 6.07) is 13.6. The van der Waals surface area contributed by atoms with Crippen LogP contribution in [0.15, 0.2) is 42.5 Å². The van der Waals surface area contributed by atoms with Gasteiger partial charge in [-0.25, -0.2) is 0 Å². The van der Waals surface area contributed by atoms with Crippen molar-refractivity contribution in [3.8, 4) is 0 Å². The zero-order valence-corrected chi connectivity index (χ0v) is 11.7. The first-order valence-corrected chi connectivity index (χ1v) is 7.17. The molecule has 0 saturated heterocycles.